The van der Waals surface area contributed by atoms with Gasteiger partial charge >= 0.3 is 27.6 Å². The minimum absolute atomic E-state index is 0.101. The molecule has 0 saturated carbocycles. The van der Waals surface area contributed by atoms with Gasteiger partial charge < -0.3 is 34.4 Å². The number of aliphatic hydroxyl groups is 2. The Labute approximate surface area is 347 Å². The first kappa shape index (κ1) is 55.8. The Morgan fingerprint density at radius 2 is 1.02 bits per heavy atom. The van der Waals surface area contributed by atoms with Crippen LogP contribution in [0.1, 0.15) is 149 Å². The number of allylic oxidation sites excluding steroid dienone is 10. The second-order valence-corrected chi connectivity index (χ2v) is 16.9. The van der Waals surface area contributed by atoms with E-state index in [1.807, 2.05) is 12.2 Å². The Balaban J connectivity index is 4.64. The van der Waals surface area contributed by atoms with Crippen molar-refractivity contribution in [3.8, 4) is 0 Å². The van der Waals surface area contributed by atoms with Gasteiger partial charge in [0.05, 0.1) is 25.9 Å². The van der Waals surface area contributed by atoms with Crippen LogP contribution in [0.25, 0.3) is 0 Å². The van der Waals surface area contributed by atoms with Gasteiger partial charge in [-0.15, -0.1) is 0 Å². The molecular weight excluding hydrogens is 790 g/mol. The number of esters is 2. The molecule has 1 unspecified atom stereocenters. The van der Waals surface area contributed by atoms with Crippen LogP contribution < -0.4 is 0 Å². The van der Waals surface area contributed by atoms with E-state index < -0.39 is 66.2 Å². The summed E-state index contributed by atoms with van der Waals surface area (Å²) in [6.07, 6.45) is 36.4. The number of hydrogen-bond donors (Lipinski definition) is 5. The number of aliphatic hydroxyl groups excluding tert-OH is 2. The Morgan fingerprint density at radius 1 is 0.552 bits per heavy atom. The van der Waals surface area contributed by atoms with Gasteiger partial charge in [-0.3, -0.25) is 23.2 Å². The van der Waals surface area contributed by atoms with Crippen LogP contribution in [0, 0.1) is 0 Å². The summed E-state index contributed by atoms with van der Waals surface area (Å²) < 4.78 is 47.6. The molecule has 0 aliphatic carbocycles. The van der Waals surface area contributed by atoms with E-state index in [1.165, 1.54) is 25.7 Å². The van der Waals surface area contributed by atoms with Gasteiger partial charge in [0.15, 0.2) is 6.10 Å². The largest absolute Gasteiger partial charge is 0.472 e. The highest BCUT2D eigenvalue weighted by atomic mass is 31.2. The SMILES string of the molecule is CCCCCC/C=C\CCCCCCCC(=O)O[C@H](COC(=O)CCC/C=C\C/C=C\C/C=C\C/C=C\CCC[C@@H](C)O)COP(=O)(O)OC[C@@H](O)COP(=O)(O)O. The van der Waals surface area contributed by atoms with Crippen LogP contribution in [0.5, 0.6) is 0 Å². The summed E-state index contributed by atoms with van der Waals surface area (Å²) in [5.74, 6) is -1.13. The summed E-state index contributed by atoms with van der Waals surface area (Å²) in [6, 6.07) is 0. The lowest BCUT2D eigenvalue weighted by Gasteiger charge is -2.20. The number of carbonyl (C=O) groups excluding carboxylic acids is 2. The molecule has 58 heavy (non-hydrogen) atoms. The second-order valence-electron chi connectivity index (χ2n) is 14.2. The molecule has 0 rings (SSSR count). The Hall–Kier alpha value is -2.22. The molecule has 0 aliphatic heterocycles. The lowest BCUT2D eigenvalue weighted by molar-refractivity contribution is -0.161. The quantitative estimate of drug-likeness (QED) is 0.0168. The molecule has 0 aromatic carbocycles. The normalized spacial score (nSPS) is 15.2. The summed E-state index contributed by atoms with van der Waals surface area (Å²) >= 11 is 0. The highest BCUT2D eigenvalue weighted by Gasteiger charge is 2.28. The fraction of sp³-hybridized carbons (Fsp3) is 0.714. The van der Waals surface area contributed by atoms with Crippen molar-refractivity contribution in [3.63, 3.8) is 0 Å². The van der Waals surface area contributed by atoms with Gasteiger partial charge in [0.2, 0.25) is 0 Å². The van der Waals surface area contributed by atoms with Gasteiger partial charge in [-0.05, 0) is 90.4 Å². The molecule has 0 fully saturated rings. The van der Waals surface area contributed by atoms with Crippen LogP contribution in [0.4, 0.5) is 0 Å². The number of ether oxygens (including phenoxy) is 2. The van der Waals surface area contributed by atoms with Crippen molar-refractivity contribution >= 4 is 27.6 Å². The third kappa shape index (κ3) is 41.9. The van der Waals surface area contributed by atoms with Crippen molar-refractivity contribution in [2.45, 2.75) is 167 Å². The number of carbonyl (C=O) groups is 2. The first-order chi connectivity index (χ1) is 27.7. The highest BCUT2D eigenvalue weighted by Crippen LogP contribution is 2.43. The lowest BCUT2D eigenvalue weighted by atomic mass is 10.1. The van der Waals surface area contributed by atoms with Gasteiger partial charge in [0, 0.05) is 12.8 Å². The van der Waals surface area contributed by atoms with Crippen molar-refractivity contribution < 1.29 is 66.7 Å². The Kier molecular flexibility index (Phi) is 36.3. The average Bonchev–Trinajstić information content (AvgIpc) is 3.16. The third-order valence-corrected chi connectivity index (χ3v) is 9.82. The van der Waals surface area contributed by atoms with E-state index in [4.69, 9.17) is 23.8 Å². The molecule has 0 saturated heterocycles. The molecule has 0 heterocycles. The van der Waals surface area contributed by atoms with E-state index in [2.05, 4.69) is 64.6 Å². The topological polar surface area (TPSA) is 216 Å². The maximum atomic E-state index is 12.6. The number of rotatable bonds is 39. The first-order valence-electron chi connectivity index (χ1n) is 21.0. The molecule has 0 aromatic heterocycles. The van der Waals surface area contributed by atoms with Crippen LogP contribution >= 0.6 is 15.6 Å². The summed E-state index contributed by atoms with van der Waals surface area (Å²) in [5, 5.41) is 19.0. The van der Waals surface area contributed by atoms with Crippen molar-refractivity contribution in [2.24, 2.45) is 0 Å². The van der Waals surface area contributed by atoms with E-state index in [1.54, 1.807) is 6.92 Å². The molecule has 0 bridgehead atoms. The van der Waals surface area contributed by atoms with Gasteiger partial charge in [-0.2, -0.15) is 0 Å². The van der Waals surface area contributed by atoms with Crippen molar-refractivity contribution in [3.05, 3.63) is 60.8 Å². The first-order valence-corrected chi connectivity index (χ1v) is 24.0. The fourth-order valence-corrected chi connectivity index (χ4v) is 6.33. The molecule has 0 radical (unpaired) electrons. The number of unbranched alkanes of at least 4 members (excludes halogenated alkanes) is 11. The molecule has 5 N–H and O–H groups in total. The standard InChI is InChI=1S/C42H74O14P2/c1-3-4-5-6-7-8-9-13-18-21-24-27-30-33-42(46)56-40(37-55-58(50,51)54-35-39(44)34-53-57(47,48)49)36-52-41(45)32-29-26-23-20-17-15-12-10-11-14-16-19-22-25-28-31-38(2)43/h8-9,11-12,14-15,19-20,22-23,38-40,43-44H,3-7,10,13,16-18,21,24-37H2,1-2H3,(H,50,51)(H2,47,48,49)/b9-8-,14-11-,15-12-,22-19-,23-20-/t38-,39+,40-/m1/s1. The van der Waals surface area contributed by atoms with Crippen molar-refractivity contribution in [2.75, 3.05) is 26.4 Å². The van der Waals surface area contributed by atoms with E-state index in [-0.39, 0.29) is 18.9 Å². The maximum Gasteiger partial charge on any atom is 0.472 e. The van der Waals surface area contributed by atoms with Gasteiger partial charge in [-0.25, -0.2) is 9.13 Å². The number of phosphoric ester groups is 2. The van der Waals surface area contributed by atoms with E-state index in [0.717, 1.165) is 77.0 Å². The number of hydrogen-bond acceptors (Lipinski definition) is 11. The lowest BCUT2D eigenvalue weighted by Crippen LogP contribution is -2.30. The molecule has 336 valence electrons. The van der Waals surface area contributed by atoms with Crippen molar-refractivity contribution in [1.29, 1.82) is 0 Å². The van der Waals surface area contributed by atoms with Crippen LogP contribution in [0.2, 0.25) is 0 Å². The predicted octanol–water partition coefficient (Wildman–Crippen LogP) is 9.42. The minimum Gasteiger partial charge on any atom is -0.462 e. The van der Waals surface area contributed by atoms with Crippen LogP contribution in [-0.4, -0.2) is 81.6 Å². The average molecular weight is 865 g/mol. The summed E-state index contributed by atoms with van der Waals surface area (Å²) in [7, 11) is -9.70. The number of phosphoric acid groups is 2. The molecule has 0 aromatic rings. The van der Waals surface area contributed by atoms with Gasteiger partial charge in [0.25, 0.3) is 0 Å². The van der Waals surface area contributed by atoms with E-state index >= 15 is 0 Å². The second kappa shape index (κ2) is 37.8. The molecule has 0 aliphatic rings. The molecular formula is C42H74O14P2. The third-order valence-electron chi connectivity index (χ3n) is 8.39. The van der Waals surface area contributed by atoms with Gasteiger partial charge in [-0.1, -0.05) is 106 Å². The van der Waals surface area contributed by atoms with E-state index in [9.17, 15) is 33.8 Å². The smallest absolute Gasteiger partial charge is 0.462 e. The Bertz CT molecular complexity index is 1270. The van der Waals surface area contributed by atoms with E-state index in [0.29, 0.717) is 19.3 Å². The maximum absolute atomic E-state index is 12.6. The molecule has 4 atom stereocenters. The monoisotopic (exact) mass is 864 g/mol. The molecule has 0 spiro atoms. The fourth-order valence-electron chi connectivity index (χ4n) is 5.18. The zero-order valence-corrected chi connectivity index (χ0v) is 36.8. The van der Waals surface area contributed by atoms with Crippen LogP contribution in [0.3, 0.4) is 0 Å². The van der Waals surface area contributed by atoms with Crippen LogP contribution in [0.15, 0.2) is 60.8 Å². The minimum atomic E-state index is -4.87. The molecule has 14 nitrogen and oxygen atoms in total. The molecule has 16 heteroatoms. The Morgan fingerprint density at radius 3 is 1.60 bits per heavy atom. The van der Waals surface area contributed by atoms with Crippen LogP contribution in [-0.2, 0) is 41.8 Å². The van der Waals surface area contributed by atoms with Gasteiger partial charge in [0.1, 0.15) is 12.7 Å². The zero-order valence-electron chi connectivity index (χ0n) is 35.0. The highest BCUT2D eigenvalue weighted by molar-refractivity contribution is 7.47. The summed E-state index contributed by atoms with van der Waals surface area (Å²) in [4.78, 5) is 52.6. The summed E-state index contributed by atoms with van der Waals surface area (Å²) in [5.41, 5.74) is 0. The zero-order chi connectivity index (χ0) is 43.2. The van der Waals surface area contributed by atoms with Crippen molar-refractivity contribution in [1.82, 2.24) is 0 Å². The molecule has 0 amide bonds. The summed E-state index contributed by atoms with van der Waals surface area (Å²) in [6.45, 7) is 1.20. The predicted molar refractivity (Wildman–Crippen MR) is 227 cm³/mol.